The van der Waals surface area contributed by atoms with Crippen molar-refractivity contribution in [3.8, 4) is 5.75 Å². The summed E-state index contributed by atoms with van der Waals surface area (Å²) in [5.74, 6) is 0.804. The zero-order chi connectivity index (χ0) is 13.9. The van der Waals surface area contributed by atoms with Crippen LogP contribution in [0.15, 0.2) is 46.7 Å². The third kappa shape index (κ3) is 2.48. The summed E-state index contributed by atoms with van der Waals surface area (Å²) < 4.78 is 5.20. The number of ether oxygens (including phenoxy) is 1. The number of hydrogen-bond acceptors (Lipinski definition) is 5. The van der Waals surface area contributed by atoms with Gasteiger partial charge in [0.2, 0.25) is 0 Å². The molecule has 0 atom stereocenters. The molecule has 102 valence electrons. The van der Waals surface area contributed by atoms with Crippen LogP contribution in [0.4, 0.5) is 0 Å². The van der Waals surface area contributed by atoms with Crippen molar-refractivity contribution in [2.75, 3.05) is 7.11 Å². The molecule has 6 heteroatoms. The number of rotatable bonds is 4. The molecular weight excluding hydrogens is 272 g/mol. The maximum Gasteiger partial charge on any atom is 0.172 e. The second kappa shape index (κ2) is 5.52. The number of nitrogens with zero attached hydrogens (tertiary/aromatic N) is 2. The van der Waals surface area contributed by atoms with E-state index in [2.05, 4.69) is 15.0 Å². The smallest absolute Gasteiger partial charge is 0.172 e. The summed E-state index contributed by atoms with van der Waals surface area (Å²) in [5, 5.41) is 1.67. The summed E-state index contributed by atoms with van der Waals surface area (Å²) in [7, 11) is 1.65. The summed E-state index contributed by atoms with van der Waals surface area (Å²) in [5.41, 5.74) is 8.57. The van der Waals surface area contributed by atoms with Crippen LogP contribution in [0.2, 0.25) is 0 Å². The van der Waals surface area contributed by atoms with E-state index in [9.17, 15) is 0 Å². The fraction of sp³-hybridized carbons (Fsp3) is 0.143. The highest BCUT2D eigenvalue weighted by Crippen LogP contribution is 2.29. The highest BCUT2D eigenvalue weighted by atomic mass is 32.2. The first-order chi connectivity index (χ1) is 9.80. The Morgan fingerprint density at radius 1 is 1.35 bits per heavy atom. The molecule has 0 aliphatic heterocycles. The first-order valence-electron chi connectivity index (χ1n) is 6.15. The third-order valence-corrected chi connectivity index (χ3v) is 3.88. The number of aromatic amines is 1. The zero-order valence-electron chi connectivity index (χ0n) is 11.0. The van der Waals surface area contributed by atoms with Crippen molar-refractivity contribution in [2.45, 2.75) is 16.7 Å². The van der Waals surface area contributed by atoms with Crippen LogP contribution in [-0.4, -0.2) is 22.1 Å². The van der Waals surface area contributed by atoms with Crippen molar-refractivity contribution in [1.29, 1.82) is 0 Å². The van der Waals surface area contributed by atoms with Crippen molar-refractivity contribution in [1.82, 2.24) is 15.0 Å². The number of methoxy groups -OCH3 is 1. The summed E-state index contributed by atoms with van der Waals surface area (Å²) in [6.45, 7) is 0.463. The number of aromatic nitrogens is 3. The van der Waals surface area contributed by atoms with Crippen molar-refractivity contribution < 1.29 is 4.74 Å². The van der Waals surface area contributed by atoms with Gasteiger partial charge in [0.05, 0.1) is 18.1 Å². The molecule has 1 aromatic carbocycles. The molecule has 0 amide bonds. The molecule has 5 nitrogen and oxygen atoms in total. The number of fused-ring (bicyclic) bond motifs is 1. The van der Waals surface area contributed by atoms with E-state index in [1.54, 1.807) is 13.3 Å². The van der Waals surface area contributed by atoms with E-state index < -0.39 is 0 Å². The molecule has 0 saturated heterocycles. The highest BCUT2D eigenvalue weighted by Gasteiger charge is 2.09. The number of nitrogens with two attached hydrogens (primary N) is 1. The number of hydrogen-bond donors (Lipinski definition) is 2. The van der Waals surface area contributed by atoms with Gasteiger partial charge >= 0.3 is 0 Å². The predicted octanol–water partition coefficient (Wildman–Crippen LogP) is 2.58. The van der Waals surface area contributed by atoms with Gasteiger partial charge in [0.1, 0.15) is 10.8 Å². The average molecular weight is 286 g/mol. The Morgan fingerprint density at radius 3 is 3.05 bits per heavy atom. The summed E-state index contributed by atoms with van der Waals surface area (Å²) in [6, 6.07) is 9.60. The zero-order valence-corrected chi connectivity index (χ0v) is 11.8. The van der Waals surface area contributed by atoms with Crippen molar-refractivity contribution in [2.24, 2.45) is 5.73 Å². The number of nitrogens with one attached hydrogen (secondary N) is 1. The standard InChI is InChI=1S/C14H14N4OS/c1-19-10-4-5-11-12(7-10)18-14(17-11)20-13-9(8-15)3-2-6-16-13/h2-7H,8,15H2,1H3,(H,17,18). The molecule has 0 bridgehead atoms. The first-order valence-corrected chi connectivity index (χ1v) is 6.97. The lowest BCUT2D eigenvalue weighted by Gasteiger charge is -2.02. The normalized spacial score (nSPS) is 10.9. The van der Waals surface area contributed by atoms with E-state index in [1.807, 2.05) is 30.3 Å². The molecule has 0 fully saturated rings. The largest absolute Gasteiger partial charge is 0.497 e. The van der Waals surface area contributed by atoms with Crippen LogP contribution in [0, 0.1) is 0 Å². The van der Waals surface area contributed by atoms with Gasteiger partial charge < -0.3 is 15.5 Å². The molecule has 0 spiro atoms. The Labute approximate surface area is 120 Å². The van der Waals surface area contributed by atoms with Crippen LogP contribution in [-0.2, 0) is 6.54 Å². The molecule has 3 aromatic rings. The molecule has 0 unspecified atom stereocenters. The Kier molecular flexibility index (Phi) is 3.58. The van der Waals surface area contributed by atoms with Crippen LogP contribution in [0.3, 0.4) is 0 Å². The maximum absolute atomic E-state index is 5.72. The van der Waals surface area contributed by atoms with Crippen LogP contribution >= 0.6 is 11.8 Å². The average Bonchev–Trinajstić information content (AvgIpc) is 2.89. The minimum atomic E-state index is 0.463. The monoisotopic (exact) mass is 286 g/mol. The lowest BCUT2D eigenvalue weighted by atomic mass is 10.3. The predicted molar refractivity (Wildman–Crippen MR) is 78.9 cm³/mol. The molecule has 2 aromatic heterocycles. The van der Waals surface area contributed by atoms with Gasteiger partial charge in [-0.2, -0.15) is 0 Å². The van der Waals surface area contributed by atoms with Gasteiger partial charge in [0.25, 0.3) is 0 Å². The summed E-state index contributed by atoms with van der Waals surface area (Å²) in [6.07, 6.45) is 1.76. The number of pyridine rings is 1. The van der Waals surface area contributed by atoms with Crippen molar-refractivity contribution >= 4 is 22.8 Å². The number of benzene rings is 1. The molecule has 3 N–H and O–H groups in total. The third-order valence-electron chi connectivity index (χ3n) is 2.93. The quantitative estimate of drug-likeness (QED) is 0.771. The number of imidazole rings is 1. The molecule has 0 radical (unpaired) electrons. The van der Waals surface area contributed by atoms with Gasteiger partial charge in [0, 0.05) is 18.8 Å². The van der Waals surface area contributed by atoms with Gasteiger partial charge in [-0.25, -0.2) is 9.97 Å². The van der Waals surface area contributed by atoms with E-state index in [4.69, 9.17) is 10.5 Å². The molecule has 20 heavy (non-hydrogen) atoms. The second-order valence-electron chi connectivity index (χ2n) is 4.20. The Hall–Kier alpha value is -2.05. The SMILES string of the molecule is COc1ccc2nc(Sc3ncccc3CN)[nH]c2c1. The van der Waals surface area contributed by atoms with E-state index in [0.29, 0.717) is 6.54 Å². The Bertz CT molecular complexity index is 741. The van der Waals surface area contributed by atoms with Gasteiger partial charge in [0.15, 0.2) is 5.16 Å². The Morgan fingerprint density at radius 2 is 2.25 bits per heavy atom. The van der Waals surface area contributed by atoms with Gasteiger partial charge in [-0.1, -0.05) is 6.07 Å². The maximum atomic E-state index is 5.72. The Balaban J connectivity index is 1.94. The van der Waals surface area contributed by atoms with Crippen LogP contribution < -0.4 is 10.5 Å². The van der Waals surface area contributed by atoms with Gasteiger partial charge in [-0.3, -0.25) is 0 Å². The fourth-order valence-corrected chi connectivity index (χ4v) is 2.79. The second-order valence-corrected chi connectivity index (χ2v) is 5.18. The highest BCUT2D eigenvalue weighted by molar-refractivity contribution is 7.99. The molecular formula is C14H14N4OS. The van der Waals surface area contributed by atoms with E-state index in [1.165, 1.54) is 11.8 Å². The molecule has 2 heterocycles. The summed E-state index contributed by atoms with van der Waals surface area (Å²) >= 11 is 1.48. The van der Waals surface area contributed by atoms with Gasteiger partial charge in [-0.15, -0.1) is 0 Å². The minimum Gasteiger partial charge on any atom is -0.497 e. The number of H-pyrrole nitrogens is 1. The first kappa shape index (κ1) is 13.0. The van der Waals surface area contributed by atoms with E-state index in [0.717, 1.165) is 32.5 Å². The lowest BCUT2D eigenvalue weighted by Crippen LogP contribution is -1.99. The molecule has 0 saturated carbocycles. The summed E-state index contributed by atoms with van der Waals surface area (Å²) in [4.78, 5) is 12.1. The lowest BCUT2D eigenvalue weighted by molar-refractivity contribution is 0.415. The van der Waals surface area contributed by atoms with Gasteiger partial charge in [-0.05, 0) is 35.5 Å². The topological polar surface area (TPSA) is 76.8 Å². The van der Waals surface area contributed by atoms with Crippen molar-refractivity contribution in [3.05, 3.63) is 42.1 Å². The van der Waals surface area contributed by atoms with Crippen LogP contribution in [0.5, 0.6) is 5.75 Å². The molecule has 0 aliphatic carbocycles. The van der Waals surface area contributed by atoms with Crippen LogP contribution in [0.25, 0.3) is 11.0 Å². The minimum absolute atomic E-state index is 0.463. The molecule has 0 aliphatic rings. The van der Waals surface area contributed by atoms with E-state index in [-0.39, 0.29) is 0 Å². The van der Waals surface area contributed by atoms with E-state index >= 15 is 0 Å². The van der Waals surface area contributed by atoms with Crippen molar-refractivity contribution in [3.63, 3.8) is 0 Å². The van der Waals surface area contributed by atoms with Crippen LogP contribution in [0.1, 0.15) is 5.56 Å². The molecule has 3 rings (SSSR count). The fourth-order valence-electron chi connectivity index (χ4n) is 1.90.